The Bertz CT molecular complexity index is 1470. The molecule has 7 rings (SSSR count). The van der Waals surface area contributed by atoms with Crippen LogP contribution in [-0.2, 0) is 6.54 Å². The highest BCUT2D eigenvalue weighted by Crippen LogP contribution is 2.41. The normalized spacial score (nSPS) is 21.7. The molecule has 2 bridgehead atoms. The van der Waals surface area contributed by atoms with Crippen molar-refractivity contribution in [3.8, 4) is 23.0 Å². The van der Waals surface area contributed by atoms with E-state index in [0.29, 0.717) is 41.7 Å². The van der Waals surface area contributed by atoms with Crippen LogP contribution in [0.4, 0.5) is 0 Å². The second kappa shape index (κ2) is 9.52. The summed E-state index contributed by atoms with van der Waals surface area (Å²) in [6, 6.07) is 17.4. The van der Waals surface area contributed by atoms with E-state index in [1.807, 2.05) is 36.4 Å². The maximum absolute atomic E-state index is 6.86. The molecule has 196 valence electrons. The van der Waals surface area contributed by atoms with Gasteiger partial charge < -0.3 is 19.4 Å². The summed E-state index contributed by atoms with van der Waals surface area (Å²) in [6.45, 7) is 6.46. The van der Waals surface area contributed by atoms with Crippen LogP contribution in [-0.4, -0.2) is 68.3 Å². The van der Waals surface area contributed by atoms with Crippen LogP contribution in [0.3, 0.4) is 0 Å². The number of aromatic nitrogens is 4. The fraction of sp³-hybridized carbons (Fsp3) is 0.414. The van der Waals surface area contributed by atoms with E-state index in [1.54, 1.807) is 6.33 Å². The Kier molecular flexibility index (Phi) is 5.98. The largest absolute Gasteiger partial charge is 0.492 e. The van der Waals surface area contributed by atoms with Gasteiger partial charge in [0, 0.05) is 37.3 Å². The minimum atomic E-state index is -0.174. The first-order chi connectivity index (χ1) is 18.5. The van der Waals surface area contributed by atoms with Crippen molar-refractivity contribution in [1.82, 2.24) is 29.7 Å². The Morgan fingerprint density at radius 3 is 2.74 bits per heavy atom. The SMILES string of the molecule is CC1(Oc2ncnc3c2nc(-c2ccc(OCCN4C[C@@H]5C[C@H]4CN5)cc2Cl)n3Cc2ccccc2)CC1. The number of likely N-dealkylation sites (tertiary alicyclic amines) is 1. The average Bonchev–Trinajstić information content (AvgIpc) is 3.25. The molecule has 1 saturated carbocycles. The van der Waals surface area contributed by atoms with Gasteiger partial charge in [0.25, 0.3) is 0 Å². The lowest BCUT2D eigenvalue weighted by molar-refractivity contribution is 0.180. The molecule has 3 fully saturated rings. The van der Waals surface area contributed by atoms with Gasteiger partial charge in [0.2, 0.25) is 5.88 Å². The predicted octanol–water partition coefficient (Wildman–Crippen LogP) is 4.55. The van der Waals surface area contributed by atoms with E-state index in [9.17, 15) is 0 Å². The first-order valence-corrected chi connectivity index (χ1v) is 13.8. The van der Waals surface area contributed by atoms with E-state index in [1.165, 1.54) is 6.42 Å². The van der Waals surface area contributed by atoms with Gasteiger partial charge in [-0.25, -0.2) is 9.97 Å². The maximum Gasteiger partial charge on any atom is 0.245 e. The molecule has 0 amide bonds. The number of piperazine rings is 1. The molecular formula is C29H31ClN6O2. The van der Waals surface area contributed by atoms with Crippen molar-refractivity contribution in [2.24, 2.45) is 0 Å². The zero-order valence-corrected chi connectivity index (χ0v) is 22.2. The van der Waals surface area contributed by atoms with Gasteiger partial charge in [-0.15, -0.1) is 0 Å². The summed E-state index contributed by atoms with van der Waals surface area (Å²) >= 11 is 6.86. The van der Waals surface area contributed by atoms with Gasteiger partial charge in [0.05, 0.1) is 11.6 Å². The number of fused-ring (bicyclic) bond motifs is 3. The lowest BCUT2D eigenvalue weighted by Gasteiger charge is -2.27. The van der Waals surface area contributed by atoms with E-state index >= 15 is 0 Å². The summed E-state index contributed by atoms with van der Waals surface area (Å²) in [4.78, 5) is 16.6. The molecule has 2 saturated heterocycles. The number of hydrogen-bond donors (Lipinski definition) is 1. The second-order valence-electron chi connectivity index (χ2n) is 10.9. The van der Waals surface area contributed by atoms with Gasteiger partial charge in [0.1, 0.15) is 30.1 Å². The van der Waals surface area contributed by atoms with Crippen LogP contribution in [0.15, 0.2) is 54.9 Å². The fourth-order valence-electron chi connectivity index (χ4n) is 5.59. The van der Waals surface area contributed by atoms with Crippen molar-refractivity contribution >= 4 is 22.8 Å². The molecule has 2 aromatic heterocycles. The lowest BCUT2D eigenvalue weighted by atomic mass is 10.2. The third-order valence-corrected chi connectivity index (χ3v) is 8.29. The molecule has 1 aliphatic carbocycles. The Hall–Kier alpha value is -3.20. The molecule has 0 radical (unpaired) electrons. The van der Waals surface area contributed by atoms with Crippen molar-refractivity contribution in [2.45, 2.75) is 50.4 Å². The maximum atomic E-state index is 6.86. The van der Waals surface area contributed by atoms with Gasteiger partial charge in [-0.3, -0.25) is 4.90 Å². The number of nitrogens with zero attached hydrogens (tertiary/aromatic N) is 5. The van der Waals surface area contributed by atoms with Crippen molar-refractivity contribution in [3.63, 3.8) is 0 Å². The number of imidazole rings is 1. The molecule has 1 N–H and O–H groups in total. The average molecular weight is 531 g/mol. The topological polar surface area (TPSA) is 77.3 Å². The molecule has 3 aliphatic rings. The zero-order chi connectivity index (χ0) is 25.7. The van der Waals surface area contributed by atoms with E-state index in [4.69, 9.17) is 26.1 Å². The summed E-state index contributed by atoms with van der Waals surface area (Å²) in [5, 5.41) is 4.13. The fourth-order valence-corrected chi connectivity index (χ4v) is 5.85. The van der Waals surface area contributed by atoms with Crippen molar-refractivity contribution < 1.29 is 9.47 Å². The quantitative estimate of drug-likeness (QED) is 0.340. The van der Waals surface area contributed by atoms with E-state index in [-0.39, 0.29) is 5.60 Å². The Morgan fingerprint density at radius 1 is 1.13 bits per heavy atom. The summed E-state index contributed by atoms with van der Waals surface area (Å²) in [7, 11) is 0. The number of benzene rings is 2. The molecular weight excluding hydrogens is 500 g/mol. The smallest absolute Gasteiger partial charge is 0.245 e. The van der Waals surface area contributed by atoms with Crippen LogP contribution in [0, 0.1) is 0 Å². The number of halogens is 1. The van der Waals surface area contributed by atoms with Crippen LogP contribution in [0.25, 0.3) is 22.6 Å². The first-order valence-electron chi connectivity index (χ1n) is 13.4. The number of ether oxygens (including phenoxy) is 2. The van der Waals surface area contributed by atoms with Crippen LogP contribution in [0.5, 0.6) is 11.6 Å². The Balaban J connectivity index is 1.18. The van der Waals surface area contributed by atoms with Crippen molar-refractivity contribution in [2.75, 3.05) is 26.2 Å². The standard InChI is InChI=1S/C29H31ClN6O2/c1-29(9-10-29)38-28-25-27(32-18-33-28)36(16-19-5-3-2-4-6-19)26(34-25)23-8-7-22(14-24(23)30)37-12-11-35-17-20-13-21(35)15-31-20/h2-8,14,18,20-21,31H,9-13,15-17H2,1H3/t20-,21-/m0/s1. The molecule has 4 heterocycles. The van der Waals surface area contributed by atoms with E-state index < -0.39 is 0 Å². The van der Waals surface area contributed by atoms with Crippen LogP contribution < -0.4 is 14.8 Å². The monoisotopic (exact) mass is 530 g/mol. The molecule has 9 heteroatoms. The van der Waals surface area contributed by atoms with Crippen LogP contribution in [0.2, 0.25) is 5.02 Å². The van der Waals surface area contributed by atoms with Crippen molar-refractivity contribution in [3.05, 3.63) is 65.4 Å². The summed E-state index contributed by atoms with van der Waals surface area (Å²) in [5.41, 5.74) is 3.16. The van der Waals surface area contributed by atoms with Crippen molar-refractivity contribution in [1.29, 1.82) is 0 Å². The molecule has 4 aromatic rings. The van der Waals surface area contributed by atoms with Crippen LogP contribution >= 0.6 is 11.6 Å². The molecule has 8 nitrogen and oxygen atoms in total. The number of hydrogen-bond acceptors (Lipinski definition) is 7. The molecule has 0 unspecified atom stereocenters. The van der Waals surface area contributed by atoms with Gasteiger partial charge in [0.15, 0.2) is 11.2 Å². The molecule has 2 atom stereocenters. The third kappa shape index (κ3) is 4.61. The molecule has 2 aromatic carbocycles. The third-order valence-electron chi connectivity index (χ3n) is 7.98. The molecule has 2 aliphatic heterocycles. The van der Waals surface area contributed by atoms with Crippen LogP contribution in [0.1, 0.15) is 31.7 Å². The molecule has 38 heavy (non-hydrogen) atoms. The Labute approximate surface area is 227 Å². The van der Waals surface area contributed by atoms with Gasteiger partial charge in [-0.1, -0.05) is 41.9 Å². The second-order valence-corrected chi connectivity index (χ2v) is 11.3. The number of nitrogens with one attached hydrogen (secondary N) is 1. The highest BCUT2D eigenvalue weighted by atomic mass is 35.5. The summed E-state index contributed by atoms with van der Waals surface area (Å²) in [5.74, 6) is 2.01. The van der Waals surface area contributed by atoms with Gasteiger partial charge >= 0.3 is 0 Å². The minimum Gasteiger partial charge on any atom is -0.492 e. The zero-order valence-electron chi connectivity index (χ0n) is 21.4. The first kappa shape index (κ1) is 23.9. The lowest BCUT2D eigenvalue weighted by Crippen LogP contribution is -2.45. The predicted molar refractivity (Wildman–Crippen MR) is 147 cm³/mol. The van der Waals surface area contributed by atoms with E-state index in [2.05, 4.69) is 43.8 Å². The Morgan fingerprint density at radius 2 is 2.00 bits per heavy atom. The van der Waals surface area contributed by atoms with E-state index in [0.717, 1.165) is 60.8 Å². The highest BCUT2D eigenvalue weighted by molar-refractivity contribution is 6.33. The van der Waals surface area contributed by atoms with Gasteiger partial charge in [-0.05, 0) is 49.9 Å². The minimum absolute atomic E-state index is 0.174. The summed E-state index contributed by atoms with van der Waals surface area (Å²) in [6.07, 6.45) is 4.83. The highest BCUT2D eigenvalue weighted by Gasteiger charge is 2.41. The number of rotatable bonds is 9. The van der Waals surface area contributed by atoms with Gasteiger partial charge in [-0.2, -0.15) is 4.98 Å². The molecule has 0 spiro atoms. The summed E-state index contributed by atoms with van der Waals surface area (Å²) < 4.78 is 14.4.